The van der Waals surface area contributed by atoms with Gasteiger partial charge in [-0.2, -0.15) is 0 Å². The Morgan fingerprint density at radius 1 is 1.30 bits per heavy atom. The molecule has 0 aliphatic rings. The van der Waals surface area contributed by atoms with Crippen molar-refractivity contribution in [1.82, 2.24) is 9.55 Å². The number of aromatic nitrogens is 2. The number of benzene rings is 1. The second-order valence-corrected chi connectivity index (χ2v) is 5.86. The fourth-order valence-electron chi connectivity index (χ4n) is 2.26. The van der Waals surface area contributed by atoms with Crippen LogP contribution in [0.5, 0.6) is 0 Å². The summed E-state index contributed by atoms with van der Waals surface area (Å²) in [5, 5.41) is 1.56. The van der Waals surface area contributed by atoms with E-state index in [1.807, 2.05) is 35.2 Å². The zero-order valence-electron chi connectivity index (χ0n) is 10.4. The molecule has 2 aromatic heterocycles. The topological polar surface area (TPSA) is 34.9 Å². The van der Waals surface area contributed by atoms with Gasteiger partial charge in [-0.3, -0.25) is 9.78 Å². The van der Waals surface area contributed by atoms with Crippen LogP contribution in [0.1, 0.15) is 15.9 Å². The van der Waals surface area contributed by atoms with E-state index in [-0.39, 0.29) is 0 Å². The maximum atomic E-state index is 11.2. The highest BCUT2D eigenvalue weighted by Crippen LogP contribution is 2.25. The first kappa shape index (κ1) is 13.3. The van der Waals surface area contributed by atoms with Crippen LogP contribution in [0.2, 0.25) is 5.02 Å². The van der Waals surface area contributed by atoms with Crippen LogP contribution < -0.4 is 0 Å². The lowest BCUT2D eigenvalue weighted by Gasteiger charge is -2.06. The molecule has 3 aromatic rings. The summed E-state index contributed by atoms with van der Waals surface area (Å²) >= 11 is 9.46. The van der Waals surface area contributed by atoms with Gasteiger partial charge in [-0.25, -0.2) is 0 Å². The minimum atomic E-state index is 0.636. The third kappa shape index (κ3) is 2.49. The Labute approximate surface area is 129 Å². The number of carbonyl (C=O) groups is 1. The van der Waals surface area contributed by atoms with E-state index >= 15 is 0 Å². The third-order valence-corrected chi connectivity index (χ3v) is 3.79. The van der Waals surface area contributed by atoms with Crippen LogP contribution in [-0.2, 0) is 6.54 Å². The molecule has 0 atom stereocenters. The Morgan fingerprint density at radius 2 is 2.15 bits per heavy atom. The van der Waals surface area contributed by atoms with E-state index in [0.717, 1.165) is 27.2 Å². The second kappa shape index (κ2) is 5.38. The number of hydrogen-bond acceptors (Lipinski definition) is 2. The number of pyridine rings is 1. The number of hydrogen-bond donors (Lipinski definition) is 0. The molecule has 0 fully saturated rings. The third-order valence-electron chi connectivity index (χ3n) is 3.12. The largest absolute Gasteiger partial charge is 0.342 e. The summed E-state index contributed by atoms with van der Waals surface area (Å²) < 4.78 is 2.94. The molecule has 0 saturated carbocycles. The van der Waals surface area contributed by atoms with Crippen molar-refractivity contribution in [2.24, 2.45) is 0 Å². The summed E-state index contributed by atoms with van der Waals surface area (Å²) in [6.07, 6.45) is 6.26. The van der Waals surface area contributed by atoms with Gasteiger partial charge in [-0.05, 0) is 39.7 Å². The van der Waals surface area contributed by atoms with E-state index in [1.165, 1.54) is 0 Å². The maximum Gasteiger partial charge on any atom is 0.152 e. The Bertz CT molecular complexity index is 798. The molecule has 100 valence electrons. The van der Waals surface area contributed by atoms with Gasteiger partial charge >= 0.3 is 0 Å². The number of rotatable bonds is 3. The molecule has 0 aliphatic carbocycles. The highest BCUT2D eigenvalue weighted by molar-refractivity contribution is 9.10. The second-order valence-electron chi connectivity index (χ2n) is 4.50. The average molecular weight is 350 g/mol. The monoisotopic (exact) mass is 348 g/mol. The van der Waals surface area contributed by atoms with E-state index in [2.05, 4.69) is 20.9 Å². The van der Waals surface area contributed by atoms with Gasteiger partial charge in [-0.1, -0.05) is 17.7 Å². The van der Waals surface area contributed by atoms with Gasteiger partial charge in [-0.15, -0.1) is 0 Å². The van der Waals surface area contributed by atoms with E-state index in [1.54, 1.807) is 12.3 Å². The average Bonchev–Trinajstić information content (AvgIpc) is 2.76. The van der Waals surface area contributed by atoms with Crippen LogP contribution in [0.4, 0.5) is 0 Å². The van der Waals surface area contributed by atoms with Gasteiger partial charge in [0.25, 0.3) is 0 Å². The molecule has 0 bridgehead atoms. The molecule has 20 heavy (non-hydrogen) atoms. The lowest BCUT2D eigenvalue weighted by molar-refractivity contribution is 0.112. The van der Waals surface area contributed by atoms with Crippen LogP contribution in [0.15, 0.2) is 47.3 Å². The van der Waals surface area contributed by atoms with Gasteiger partial charge in [0.15, 0.2) is 6.29 Å². The van der Waals surface area contributed by atoms with Crippen molar-refractivity contribution in [3.8, 4) is 0 Å². The Hall–Kier alpha value is -1.65. The van der Waals surface area contributed by atoms with Crippen molar-refractivity contribution < 1.29 is 4.79 Å². The molecule has 0 spiro atoms. The number of aldehydes is 1. The SMILES string of the molecule is O=Cc1cn(Cc2cncc(Br)c2)c2cc(Cl)ccc12. The van der Waals surface area contributed by atoms with Crippen LogP contribution in [0.3, 0.4) is 0 Å². The van der Waals surface area contributed by atoms with Crippen molar-refractivity contribution in [3.05, 3.63) is 63.5 Å². The molecule has 1 aromatic carbocycles. The fraction of sp³-hybridized carbons (Fsp3) is 0.0667. The van der Waals surface area contributed by atoms with Crippen molar-refractivity contribution >= 4 is 44.7 Å². The lowest BCUT2D eigenvalue weighted by atomic mass is 10.2. The lowest BCUT2D eigenvalue weighted by Crippen LogP contribution is -1.98. The number of carbonyl (C=O) groups excluding carboxylic acids is 1. The molecule has 5 heteroatoms. The van der Waals surface area contributed by atoms with Crippen molar-refractivity contribution in [3.63, 3.8) is 0 Å². The zero-order valence-corrected chi connectivity index (χ0v) is 12.7. The van der Waals surface area contributed by atoms with Crippen molar-refractivity contribution in [1.29, 1.82) is 0 Å². The first-order valence-electron chi connectivity index (χ1n) is 6.00. The molecule has 0 aliphatic heterocycles. The van der Waals surface area contributed by atoms with E-state index in [9.17, 15) is 4.79 Å². The van der Waals surface area contributed by atoms with E-state index in [4.69, 9.17) is 11.6 Å². The first-order valence-corrected chi connectivity index (χ1v) is 7.17. The molecular weight excluding hydrogens is 340 g/mol. The summed E-state index contributed by atoms with van der Waals surface area (Å²) in [7, 11) is 0. The summed E-state index contributed by atoms with van der Waals surface area (Å²) in [6, 6.07) is 7.54. The fourth-order valence-corrected chi connectivity index (χ4v) is 2.84. The predicted octanol–water partition coefficient (Wildman–Crippen LogP) is 4.31. The minimum absolute atomic E-state index is 0.636. The maximum absolute atomic E-state index is 11.2. The molecule has 3 rings (SSSR count). The van der Waals surface area contributed by atoms with Gasteiger partial charge in [0.1, 0.15) is 0 Å². The van der Waals surface area contributed by atoms with E-state index in [0.29, 0.717) is 17.1 Å². The highest BCUT2D eigenvalue weighted by atomic mass is 79.9. The minimum Gasteiger partial charge on any atom is -0.342 e. The molecule has 0 saturated heterocycles. The molecule has 0 unspecified atom stereocenters. The smallest absolute Gasteiger partial charge is 0.152 e. The van der Waals surface area contributed by atoms with Gasteiger partial charge in [0, 0.05) is 45.6 Å². The quantitative estimate of drug-likeness (QED) is 0.660. The first-order chi connectivity index (χ1) is 9.67. The standard InChI is InChI=1S/C15H10BrClN2O/c16-12-3-10(5-18-6-12)7-19-8-11(9-20)14-2-1-13(17)4-15(14)19/h1-6,8-9H,7H2. The van der Waals surface area contributed by atoms with Crippen molar-refractivity contribution in [2.75, 3.05) is 0 Å². The molecular formula is C15H10BrClN2O. The summed E-state index contributed by atoms with van der Waals surface area (Å²) in [5.41, 5.74) is 2.66. The highest BCUT2D eigenvalue weighted by Gasteiger charge is 2.09. The Kier molecular flexibility index (Phi) is 3.59. The van der Waals surface area contributed by atoms with Crippen LogP contribution >= 0.6 is 27.5 Å². The molecule has 3 nitrogen and oxygen atoms in total. The molecule has 0 N–H and O–H groups in total. The van der Waals surface area contributed by atoms with Gasteiger partial charge < -0.3 is 4.57 Å². The van der Waals surface area contributed by atoms with E-state index < -0.39 is 0 Å². The number of fused-ring (bicyclic) bond motifs is 1. The van der Waals surface area contributed by atoms with Gasteiger partial charge in [0.05, 0.1) is 5.52 Å². The van der Waals surface area contributed by atoms with Crippen LogP contribution in [0, 0.1) is 0 Å². The van der Waals surface area contributed by atoms with Crippen molar-refractivity contribution in [2.45, 2.75) is 6.54 Å². The Balaban J connectivity index is 2.11. The normalized spacial score (nSPS) is 10.9. The predicted molar refractivity (Wildman–Crippen MR) is 83.4 cm³/mol. The summed E-state index contributed by atoms with van der Waals surface area (Å²) in [5.74, 6) is 0. The van der Waals surface area contributed by atoms with Crippen LogP contribution in [-0.4, -0.2) is 15.8 Å². The summed E-state index contributed by atoms with van der Waals surface area (Å²) in [6.45, 7) is 0.636. The number of halogens is 2. The molecule has 0 amide bonds. The number of nitrogens with zero attached hydrogens (tertiary/aromatic N) is 2. The zero-order chi connectivity index (χ0) is 14.1. The summed E-state index contributed by atoms with van der Waals surface area (Å²) in [4.78, 5) is 15.3. The molecule has 0 radical (unpaired) electrons. The molecule has 2 heterocycles. The van der Waals surface area contributed by atoms with Crippen LogP contribution in [0.25, 0.3) is 10.9 Å². The Morgan fingerprint density at radius 3 is 2.90 bits per heavy atom. The van der Waals surface area contributed by atoms with Gasteiger partial charge in [0.2, 0.25) is 0 Å².